The molecule has 3 aromatic rings. The van der Waals surface area contributed by atoms with Gasteiger partial charge >= 0.3 is 0 Å². The zero-order valence-electron chi connectivity index (χ0n) is 18.7. The number of thiazole rings is 1. The van der Waals surface area contributed by atoms with Gasteiger partial charge in [-0.2, -0.15) is 0 Å². The number of pyridine rings is 1. The van der Waals surface area contributed by atoms with Crippen molar-refractivity contribution in [3.63, 3.8) is 0 Å². The SMILES string of the molecule is C[C@@H](C(=O)Nc1nc2cc3c(cc2s1)CCC3)N1CCC(F)(F)[C@@H](c2c[nH]c(=O)c(CO)c2)C1. The molecule has 1 fully saturated rings. The standard InChI is InChI=1S/C24H26F2N4O3S/c1-13(21(32)29-23-28-19-8-14-3-2-4-15(14)9-20(19)34-23)30-6-5-24(25,26)18(11-30)16-7-17(12-31)22(33)27-10-16/h7-10,13,18,31H,2-6,11-12H2,1H3,(H,27,33)(H,28,29,32)/t13-,18+/m0/s1. The Kier molecular flexibility index (Phi) is 5.99. The van der Waals surface area contributed by atoms with Crippen molar-refractivity contribution in [3.8, 4) is 0 Å². The summed E-state index contributed by atoms with van der Waals surface area (Å²) in [6.07, 6.45) is 4.14. The van der Waals surface area contributed by atoms with E-state index in [4.69, 9.17) is 0 Å². The molecule has 0 saturated carbocycles. The number of aryl methyl sites for hydroxylation is 2. The number of carbonyl (C=O) groups excluding carboxylic acids is 1. The second-order valence-electron chi connectivity index (χ2n) is 9.13. The number of hydrogen-bond acceptors (Lipinski definition) is 6. The van der Waals surface area contributed by atoms with Gasteiger partial charge in [-0.1, -0.05) is 11.3 Å². The fraction of sp³-hybridized carbons (Fsp3) is 0.458. The number of benzene rings is 1. The van der Waals surface area contributed by atoms with E-state index in [1.54, 1.807) is 11.8 Å². The third-order valence-electron chi connectivity index (χ3n) is 6.99. The summed E-state index contributed by atoms with van der Waals surface area (Å²) >= 11 is 1.42. The summed E-state index contributed by atoms with van der Waals surface area (Å²) in [5, 5.41) is 12.7. The molecule has 0 unspecified atom stereocenters. The minimum Gasteiger partial charge on any atom is -0.391 e. The maximum atomic E-state index is 14.8. The average molecular weight is 489 g/mol. The summed E-state index contributed by atoms with van der Waals surface area (Å²) in [6.45, 7) is 1.19. The second-order valence-corrected chi connectivity index (χ2v) is 10.2. The van der Waals surface area contributed by atoms with Crippen molar-refractivity contribution in [1.29, 1.82) is 0 Å². The van der Waals surface area contributed by atoms with Crippen LogP contribution in [0.25, 0.3) is 10.2 Å². The first kappa shape index (κ1) is 23.1. The van der Waals surface area contributed by atoms with E-state index in [1.165, 1.54) is 34.7 Å². The number of aliphatic hydroxyl groups is 1. The number of aliphatic hydroxyl groups excluding tert-OH is 1. The van der Waals surface area contributed by atoms with Crippen LogP contribution in [0.5, 0.6) is 0 Å². The van der Waals surface area contributed by atoms with Gasteiger partial charge < -0.3 is 15.4 Å². The van der Waals surface area contributed by atoms with Crippen LogP contribution in [0.15, 0.2) is 29.2 Å². The zero-order valence-corrected chi connectivity index (χ0v) is 19.6. The number of likely N-dealkylation sites (tertiary alicyclic amines) is 1. The summed E-state index contributed by atoms with van der Waals surface area (Å²) in [5.74, 6) is -4.50. The van der Waals surface area contributed by atoms with Crippen molar-refractivity contribution in [3.05, 3.63) is 57.0 Å². The van der Waals surface area contributed by atoms with E-state index in [2.05, 4.69) is 27.4 Å². The molecule has 34 heavy (non-hydrogen) atoms. The van der Waals surface area contributed by atoms with Gasteiger partial charge in [0.05, 0.1) is 28.8 Å². The second kappa shape index (κ2) is 8.83. The van der Waals surface area contributed by atoms with Crippen molar-refractivity contribution in [2.75, 3.05) is 18.4 Å². The van der Waals surface area contributed by atoms with Gasteiger partial charge in [-0.25, -0.2) is 13.8 Å². The van der Waals surface area contributed by atoms with Crippen LogP contribution in [0.1, 0.15) is 47.9 Å². The van der Waals surface area contributed by atoms with Gasteiger partial charge in [-0.15, -0.1) is 0 Å². The summed E-state index contributed by atoms with van der Waals surface area (Å²) in [6, 6.07) is 4.92. The quantitative estimate of drug-likeness (QED) is 0.511. The lowest BCUT2D eigenvalue weighted by Crippen LogP contribution is -2.52. The molecule has 3 heterocycles. The number of nitrogens with one attached hydrogen (secondary N) is 2. The molecule has 1 amide bonds. The molecule has 0 spiro atoms. The molecule has 1 saturated heterocycles. The first-order valence-corrected chi connectivity index (χ1v) is 12.2. The molecule has 10 heteroatoms. The van der Waals surface area contributed by atoms with Crippen LogP contribution < -0.4 is 10.9 Å². The fourth-order valence-electron chi connectivity index (χ4n) is 4.92. The van der Waals surface area contributed by atoms with Gasteiger partial charge in [0.1, 0.15) is 0 Å². The number of nitrogens with zero attached hydrogens (tertiary/aromatic N) is 2. The largest absolute Gasteiger partial charge is 0.391 e. The van der Waals surface area contributed by atoms with E-state index >= 15 is 0 Å². The van der Waals surface area contributed by atoms with Crippen molar-refractivity contribution in [1.82, 2.24) is 14.9 Å². The summed E-state index contributed by atoms with van der Waals surface area (Å²) in [5.41, 5.74) is 3.30. The lowest BCUT2D eigenvalue weighted by atomic mass is 9.86. The molecule has 2 aromatic heterocycles. The third-order valence-corrected chi connectivity index (χ3v) is 7.93. The van der Waals surface area contributed by atoms with Gasteiger partial charge in [0.25, 0.3) is 11.5 Å². The molecule has 2 atom stereocenters. The highest BCUT2D eigenvalue weighted by Crippen LogP contribution is 2.41. The Hall–Kier alpha value is -2.69. The number of anilines is 1. The lowest BCUT2D eigenvalue weighted by Gasteiger charge is -2.40. The number of fused-ring (bicyclic) bond motifs is 2. The molecule has 0 bridgehead atoms. The van der Waals surface area contributed by atoms with Crippen molar-refractivity contribution in [2.24, 2.45) is 0 Å². The van der Waals surface area contributed by atoms with E-state index < -0.39 is 36.5 Å². The number of aromatic amines is 1. The number of halogens is 2. The van der Waals surface area contributed by atoms with E-state index in [0.29, 0.717) is 5.13 Å². The van der Waals surface area contributed by atoms with Gasteiger partial charge in [0.2, 0.25) is 5.91 Å². The molecule has 7 nitrogen and oxygen atoms in total. The summed E-state index contributed by atoms with van der Waals surface area (Å²) in [7, 11) is 0. The fourth-order valence-corrected chi connectivity index (χ4v) is 5.83. The Labute approximate surface area is 198 Å². The van der Waals surface area contributed by atoms with Crippen molar-refractivity contribution >= 4 is 32.6 Å². The monoisotopic (exact) mass is 488 g/mol. The molecular weight excluding hydrogens is 462 g/mol. The van der Waals surface area contributed by atoms with Gasteiger partial charge in [0.15, 0.2) is 5.13 Å². The van der Waals surface area contributed by atoms with E-state index in [0.717, 1.165) is 29.5 Å². The molecule has 1 aliphatic heterocycles. The highest BCUT2D eigenvalue weighted by atomic mass is 32.1. The normalized spacial score (nSPS) is 20.9. The van der Waals surface area contributed by atoms with Crippen LogP contribution in [0.3, 0.4) is 0 Å². The molecule has 0 radical (unpaired) electrons. The number of carbonyl (C=O) groups is 1. The minimum atomic E-state index is -2.99. The Morgan fingerprint density at radius 3 is 2.88 bits per heavy atom. The van der Waals surface area contributed by atoms with E-state index in [-0.39, 0.29) is 30.1 Å². The summed E-state index contributed by atoms with van der Waals surface area (Å²) in [4.78, 5) is 33.4. The molecule has 1 aliphatic carbocycles. The number of amides is 1. The lowest BCUT2D eigenvalue weighted by molar-refractivity contribution is -0.125. The molecule has 5 rings (SSSR count). The molecule has 3 N–H and O–H groups in total. The van der Waals surface area contributed by atoms with E-state index in [1.807, 2.05) is 0 Å². The number of piperidine rings is 1. The Balaban J connectivity index is 1.32. The van der Waals surface area contributed by atoms with Crippen LogP contribution in [0.2, 0.25) is 0 Å². The molecule has 1 aromatic carbocycles. The van der Waals surface area contributed by atoms with E-state index in [9.17, 15) is 23.5 Å². The smallest absolute Gasteiger partial charge is 0.257 e. The zero-order chi connectivity index (χ0) is 24.0. The van der Waals surface area contributed by atoms with Crippen LogP contribution in [-0.2, 0) is 24.2 Å². The van der Waals surface area contributed by atoms with Crippen LogP contribution in [-0.4, -0.2) is 50.9 Å². The Morgan fingerprint density at radius 2 is 2.12 bits per heavy atom. The Bertz CT molecular complexity index is 1260. The first-order valence-electron chi connectivity index (χ1n) is 11.4. The summed E-state index contributed by atoms with van der Waals surface area (Å²) < 4.78 is 30.6. The molecule has 180 valence electrons. The molecule has 2 aliphatic rings. The topological polar surface area (TPSA) is 98.3 Å². The van der Waals surface area contributed by atoms with Crippen LogP contribution in [0, 0.1) is 0 Å². The number of aromatic nitrogens is 2. The van der Waals surface area contributed by atoms with Crippen LogP contribution >= 0.6 is 11.3 Å². The van der Waals surface area contributed by atoms with Crippen LogP contribution in [0.4, 0.5) is 13.9 Å². The predicted octanol–water partition coefficient (Wildman–Crippen LogP) is 3.42. The predicted molar refractivity (Wildman–Crippen MR) is 127 cm³/mol. The number of rotatable bonds is 5. The number of alkyl halides is 2. The first-order chi connectivity index (χ1) is 16.2. The average Bonchev–Trinajstić information content (AvgIpc) is 3.42. The van der Waals surface area contributed by atoms with Crippen molar-refractivity contribution < 1.29 is 18.7 Å². The Morgan fingerprint density at radius 1 is 1.35 bits per heavy atom. The highest BCUT2D eigenvalue weighted by molar-refractivity contribution is 7.22. The highest BCUT2D eigenvalue weighted by Gasteiger charge is 2.46. The van der Waals surface area contributed by atoms with Gasteiger partial charge in [-0.3, -0.25) is 14.5 Å². The molecular formula is C24H26F2N4O3S. The van der Waals surface area contributed by atoms with Gasteiger partial charge in [-0.05, 0) is 61.1 Å². The third kappa shape index (κ3) is 4.25. The maximum Gasteiger partial charge on any atom is 0.257 e. The number of H-pyrrole nitrogens is 1. The van der Waals surface area contributed by atoms with Crippen molar-refractivity contribution in [2.45, 2.75) is 57.1 Å². The number of hydrogen-bond donors (Lipinski definition) is 3. The van der Waals surface area contributed by atoms with Gasteiger partial charge in [0, 0.05) is 31.3 Å². The minimum absolute atomic E-state index is 0.0398. The maximum absolute atomic E-state index is 14.8.